The summed E-state index contributed by atoms with van der Waals surface area (Å²) in [7, 11) is 0. The predicted octanol–water partition coefficient (Wildman–Crippen LogP) is 2.75. The van der Waals surface area contributed by atoms with E-state index in [0.717, 1.165) is 35.1 Å². The highest BCUT2D eigenvalue weighted by molar-refractivity contribution is 6.16. The summed E-state index contributed by atoms with van der Waals surface area (Å²) in [6.07, 6.45) is 2.58. The molecule has 0 amide bonds. The molecule has 0 radical (unpaired) electrons. The summed E-state index contributed by atoms with van der Waals surface area (Å²) < 4.78 is 2.32. The first-order valence-electron chi connectivity index (χ1n) is 7.39. The number of hydrogen-bond donors (Lipinski definition) is 0. The largest absolute Gasteiger partial charge is 0.307 e. The fourth-order valence-electron chi connectivity index (χ4n) is 3.78. The van der Waals surface area contributed by atoms with E-state index in [1.165, 1.54) is 25.9 Å². The summed E-state index contributed by atoms with van der Waals surface area (Å²) in [5.74, 6) is 2.18. The van der Waals surface area contributed by atoms with Gasteiger partial charge in [0.15, 0.2) is 5.65 Å². The number of pyridine rings is 1. The molecule has 2 aromatic heterocycles. The Balaban J connectivity index is 1.87. The monoisotopic (exact) mass is 290 g/mol. The van der Waals surface area contributed by atoms with Crippen LogP contribution in [0, 0.1) is 12.8 Å². The van der Waals surface area contributed by atoms with Gasteiger partial charge in [-0.2, -0.15) is 0 Å². The zero-order valence-corrected chi connectivity index (χ0v) is 12.5. The Morgan fingerprint density at radius 1 is 1.25 bits per heavy atom. The van der Waals surface area contributed by atoms with Gasteiger partial charge in [-0.05, 0) is 50.9 Å². The van der Waals surface area contributed by atoms with Gasteiger partial charge in [-0.15, -0.1) is 11.6 Å². The van der Waals surface area contributed by atoms with Crippen molar-refractivity contribution in [3.05, 3.63) is 23.7 Å². The topological polar surface area (TPSA) is 34.0 Å². The molecule has 5 rings (SSSR count). The van der Waals surface area contributed by atoms with Crippen LogP contribution in [0.15, 0.2) is 12.1 Å². The van der Waals surface area contributed by atoms with Gasteiger partial charge in [-0.1, -0.05) is 0 Å². The Morgan fingerprint density at radius 3 is 2.70 bits per heavy atom. The van der Waals surface area contributed by atoms with Crippen LogP contribution in [0.25, 0.3) is 11.2 Å². The van der Waals surface area contributed by atoms with Crippen molar-refractivity contribution in [3.63, 3.8) is 0 Å². The average molecular weight is 291 g/mol. The van der Waals surface area contributed by atoms with E-state index in [2.05, 4.69) is 20.5 Å². The Kier molecular flexibility index (Phi) is 2.97. The molecule has 0 N–H and O–H groups in total. The molecule has 5 heteroatoms. The molecule has 20 heavy (non-hydrogen) atoms. The fraction of sp³-hybridized carbons (Fsp3) is 0.600. The minimum Gasteiger partial charge on any atom is -0.307 e. The maximum atomic E-state index is 6.14. The molecule has 106 valence electrons. The van der Waals surface area contributed by atoms with Crippen molar-refractivity contribution in [2.24, 2.45) is 5.92 Å². The maximum Gasteiger partial charge on any atom is 0.160 e. The molecular weight excluding hydrogens is 272 g/mol. The number of imidazole rings is 1. The summed E-state index contributed by atoms with van der Waals surface area (Å²) in [4.78, 5) is 12.0. The first-order valence-corrected chi connectivity index (χ1v) is 7.92. The van der Waals surface area contributed by atoms with Gasteiger partial charge in [-0.3, -0.25) is 0 Å². The maximum absolute atomic E-state index is 6.14. The summed E-state index contributed by atoms with van der Waals surface area (Å²) in [5.41, 5.74) is 3.03. The number of hydrogen-bond acceptors (Lipinski definition) is 3. The van der Waals surface area contributed by atoms with Gasteiger partial charge >= 0.3 is 0 Å². The van der Waals surface area contributed by atoms with Crippen molar-refractivity contribution in [3.8, 4) is 0 Å². The molecule has 3 aliphatic heterocycles. The first-order chi connectivity index (χ1) is 9.76. The lowest BCUT2D eigenvalue weighted by Gasteiger charge is -2.45. The number of piperidine rings is 3. The lowest BCUT2D eigenvalue weighted by atomic mass is 9.84. The van der Waals surface area contributed by atoms with E-state index in [9.17, 15) is 0 Å². The normalized spacial score (nSPS) is 29.2. The van der Waals surface area contributed by atoms with Gasteiger partial charge in [0.1, 0.15) is 11.3 Å². The predicted molar refractivity (Wildman–Crippen MR) is 80.0 cm³/mol. The standard InChI is InChI=1S/C15H19ClN4/c1-10-2-3-12-15(17-10)20(14(8-16)18-12)13-9-19-6-4-11(13)5-7-19/h2-3,11,13H,4-9H2,1H3. The number of alkyl halides is 1. The third-order valence-corrected chi connectivity index (χ3v) is 5.06. The van der Waals surface area contributed by atoms with Crippen LogP contribution in [-0.4, -0.2) is 39.1 Å². The Hall–Kier alpha value is -1.13. The zero-order chi connectivity index (χ0) is 13.7. The molecule has 2 bridgehead atoms. The van der Waals surface area contributed by atoms with E-state index in [0.29, 0.717) is 11.9 Å². The van der Waals surface area contributed by atoms with Crippen LogP contribution >= 0.6 is 11.6 Å². The molecule has 5 heterocycles. The van der Waals surface area contributed by atoms with Crippen molar-refractivity contribution < 1.29 is 0 Å². The van der Waals surface area contributed by atoms with Crippen LogP contribution in [0.4, 0.5) is 0 Å². The second kappa shape index (κ2) is 4.71. The number of halogens is 1. The molecule has 1 unspecified atom stereocenters. The highest BCUT2D eigenvalue weighted by atomic mass is 35.5. The Morgan fingerprint density at radius 2 is 2.05 bits per heavy atom. The van der Waals surface area contributed by atoms with Crippen molar-refractivity contribution in [1.82, 2.24) is 19.4 Å². The van der Waals surface area contributed by atoms with Crippen molar-refractivity contribution >= 4 is 22.8 Å². The average Bonchev–Trinajstić information content (AvgIpc) is 2.86. The van der Waals surface area contributed by atoms with Crippen LogP contribution < -0.4 is 0 Å². The van der Waals surface area contributed by atoms with E-state index in [1.54, 1.807) is 0 Å². The van der Waals surface area contributed by atoms with Gasteiger partial charge in [0, 0.05) is 12.2 Å². The Bertz CT molecular complexity index is 643. The fourth-order valence-corrected chi connectivity index (χ4v) is 3.97. The number of nitrogens with zero attached hydrogens (tertiary/aromatic N) is 4. The van der Waals surface area contributed by atoms with Crippen molar-refractivity contribution in [2.45, 2.75) is 31.7 Å². The summed E-state index contributed by atoms with van der Waals surface area (Å²) >= 11 is 6.14. The summed E-state index contributed by atoms with van der Waals surface area (Å²) in [6.45, 7) is 5.65. The van der Waals surface area contributed by atoms with E-state index in [-0.39, 0.29) is 0 Å². The molecule has 0 spiro atoms. The molecule has 2 aromatic rings. The highest BCUT2D eigenvalue weighted by Gasteiger charge is 2.37. The number of aromatic nitrogens is 3. The van der Waals surface area contributed by atoms with Gasteiger partial charge in [0.2, 0.25) is 0 Å². The van der Waals surface area contributed by atoms with Crippen LogP contribution in [0.2, 0.25) is 0 Å². The number of fused-ring (bicyclic) bond motifs is 4. The SMILES string of the molecule is Cc1ccc2nc(CCl)n(C3CN4CCC3CC4)c2n1. The molecular formula is C15H19ClN4. The van der Waals surface area contributed by atoms with E-state index >= 15 is 0 Å². The van der Waals surface area contributed by atoms with Crippen LogP contribution in [0.5, 0.6) is 0 Å². The quantitative estimate of drug-likeness (QED) is 0.798. The molecule has 0 saturated carbocycles. The Labute approximate surface area is 123 Å². The smallest absolute Gasteiger partial charge is 0.160 e. The summed E-state index contributed by atoms with van der Waals surface area (Å²) in [6, 6.07) is 4.57. The molecule has 0 aromatic carbocycles. The zero-order valence-electron chi connectivity index (χ0n) is 11.7. The molecule has 3 fully saturated rings. The highest BCUT2D eigenvalue weighted by Crippen LogP contribution is 2.38. The second-order valence-corrected chi connectivity index (χ2v) is 6.30. The summed E-state index contributed by atoms with van der Waals surface area (Å²) in [5, 5.41) is 0. The van der Waals surface area contributed by atoms with Gasteiger partial charge < -0.3 is 9.47 Å². The molecule has 1 atom stereocenters. The van der Waals surface area contributed by atoms with E-state index < -0.39 is 0 Å². The molecule has 3 aliphatic rings. The van der Waals surface area contributed by atoms with Gasteiger partial charge in [0.25, 0.3) is 0 Å². The molecule has 3 saturated heterocycles. The van der Waals surface area contributed by atoms with Crippen LogP contribution in [0.3, 0.4) is 0 Å². The molecule has 4 nitrogen and oxygen atoms in total. The van der Waals surface area contributed by atoms with Crippen LogP contribution in [-0.2, 0) is 5.88 Å². The van der Waals surface area contributed by atoms with E-state index in [4.69, 9.17) is 16.6 Å². The third kappa shape index (κ3) is 1.85. The van der Waals surface area contributed by atoms with Gasteiger partial charge in [0.05, 0.1) is 11.9 Å². The first kappa shape index (κ1) is 12.6. The lowest BCUT2D eigenvalue weighted by Crippen LogP contribution is -2.48. The third-order valence-electron chi connectivity index (χ3n) is 4.82. The van der Waals surface area contributed by atoms with Gasteiger partial charge in [-0.25, -0.2) is 9.97 Å². The molecule has 0 aliphatic carbocycles. The van der Waals surface area contributed by atoms with E-state index in [1.807, 2.05) is 13.0 Å². The number of aryl methyl sites for hydroxylation is 1. The second-order valence-electron chi connectivity index (χ2n) is 6.03. The minimum atomic E-state index is 0.457. The minimum absolute atomic E-state index is 0.457. The van der Waals surface area contributed by atoms with Crippen LogP contribution in [0.1, 0.15) is 30.4 Å². The van der Waals surface area contributed by atoms with Crippen molar-refractivity contribution in [2.75, 3.05) is 19.6 Å². The number of rotatable bonds is 2. The lowest BCUT2D eigenvalue weighted by molar-refractivity contribution is 0.0576. The van der Waals surface area contributed by atoms with Crippen molar-refractivity contribution in [1.29, 1.82) is 0 Å².